The Bertz CT molecular complexity index is 441. The number of halogens is 1. The van der Waals surface area contributed by atoms with Crippen molar-refractivity contribution in [3.8, 4) is 0 Å². The fraction of sp³-hybridized carbons (Fsp3) is 0.500. The average Bonchev–Trinajstić information content (AvgIpc) is 2.83. The van der Waals surface area contributed by atoms with Crippen molar-refractivity contribution in [2.75, 3.05) is 32.8 Å². The molecule has 2 heterocycles. The van der Waals surface area contributed by atoms with Crippen molar-refractivity contribution < 1.29 is 13.9 Å². The minimum Gasteiger partial charge on any atom is -0.449 e. The van der Waals surface area contributed by atoms with Gasteiger partial charge in [-0.3, -0.25) is 9.69 Å². The number of furan rings is 1. The summed E-state index contributed by atoms with van der Waals surface area (Å²) in [7, 11) is 0. The zero-order valence-corrected chi connectivity index (χ0v) is 12.6. The van der Waals surface area contributed by atoms with Crippen LogP contribution < -0.4 is 5.43 Å². The van der Waals surface area contributed by atoms with E-state index in [4.69, 9.17) is 9.15 Å². The predicted octanol–water partition coefficient (Wildman–Crippen LogP) is 1.06. The largest absolute Gasteiger partial charge is 0.449 e. The lowest BCUT2D eigenvalue weighted by molar-refractivity contribution is -0.121. The molecular formula is C12H16IN3O3. The maximum absolute atomic E-state index is 11.6. The monoisotopic (exact) mass is 377 g/mol. The third-order valence-corrected chi connectivity index (χ3v) is 3.31. The third kappa shape index (κ3) is 5.29. The summed E-state index contributed by atoms with van der Waals surface area (Å²) in [4.78, 5) is 13.8. The number of carbonyl (C=O) groups is 1. The Morgan fingerprint density at radius 2 is 2.26 bits per heavy atom. The minimum absolute atomic E-state index is 0.0935. The minimum atomic E-state index is -0.0935. The summed E-state index contributed by atoms with van der Waals surface area (Å²) in [5.41, 5.74) is 2.49. The maximum atomic E-state index is 11.6. The maximum Gasteiger partial charge on any atom is 0.241 e. The van der Waals surface area contributed by atoms with Crippen LogP contribution in [0.4, 0.5) is 0 Å². The molecule has 1 aromatic rings. The van der Waals surface area contributed by atoms with E-state index in [0.717, 1.165) is 36.6 Å². The van der Waals surface area contributed by atoms with E-state index in [1.165, 1.54) is 6.21 Å². The highest BCUT2D eigenvalue weighted by Gasteiger charge is 2.11. The van der Waals surface area contributed by atoms with Gasteiger partial charge in [-0.15, -0.1) is 0 Å². The van der Waals surface area contributed by atoms with E-state index in [-0.39, 0.29) is 5.91 Å². The number of hydrazone groups is 1. The number of hydrogen-bond acceptors (Lipinski definition) is 5. The number of hydrogen-bond donors (Lipinski definition) is 1. The van der Waals surface area contributed by atoms with Gasteiger partial charge in [0.15, 0.2) is 3.77 Å². The Balaban J connectivity index is 1.65. The molecule has 6 nitrogen and oxygen atoms in total. The van der Waals surface area contributed by atoms with Crippen LogP contribution in [0.15, 0.2) is 21.7 Å². The molecule has 2 rings (SSSR count). The van der Waals surface area contributed by atoms with E-state index >= 15 is 0 Å². The van der Waals surface area contributed by atoms with Gasteiger partial charge < -0.3 is 9.15 Å². The number of ether oxygens (including phenoxy) is 1. The molecule has 1 aliphatic heterocycles. The molecule has 1 amide bonds. The second-order valence-corrected chi connectivity index (χ2v) is 5.20. The van der Waals surface area contributed by atoms with Gasteiger partial charge in [-0.1, -0.05) is 0 Å². The molecule has 1 aliphatic rings. The van der Waals surface area contributed by atoms with E-state index in [0.29, 0.717) is 12.2 Å². The lowest BCUT2D eigenvalue weighted by atomic mass is 10.3. The molecule has 1 N–H and O–H groups in total. The molecule has 0 radical (unpaired) electrons. The normalized spacial score (nSPS) is 16.9. The van der Waals surface area contributed by atoms with Gasteiger partial charge in [-0.05, 0) is 34.7 Å². The molecule has 0 bridgehead atoms. The first kappa shape index (κ1) is 14.5. The lowest BCUT2D eigenvalue weighted by Gasteiger charge is -2.25. The van der Waals surface area contributed by atoms with Crippen molar-refractivity contribution in [3.63, 3.8) is 0 Å². The summed E-state index contributed by atoms with van der Waals surface area (Å²) in [6.07, 6.45) is 1.93. The van der Waals surface area contributed by atoms with Crippen molar-refractivity contribution in [1.82, 2.24) is 10.3 Å². The van der Waals surface area contributed by atoms with Gasteiger partial charge in [0.1, 0.15) is 5.76 Å². The van der Waals surface area contributed by atoms with Gasteiger partial charge in [0.2, 0.25) is 5.91 Å². The summed E-state index contributed by atoms with van der Waals surface area (Å²) in [5, 5.41) is 3.85. The van der Waals surface area contributed by atoms with Crippen LogP contribution in [-0.4, -0.2) is 49.9 Å². The molecule has 1 aromatic heterocycles. The van der Waals surface area contributed by atoms with Gasteiger partial charge in [-0.2, -0.15) is 5.10 Å². The summed E-state index contributed by atoms with van der Waals surface area (Å²) in [6.45, 7) is 4.01. The number of rotatable bonds is 5. The number of morpholine rings is 1. The second kappa shape index (κ2) is 7.61. The summed E-state index contributed by atoms with van der Waals surface area (Å²) in [6, 6.07) is 3.63. The SMILES string of the molecule is O=C(CCN1CCOCC1)N/N=C/c1ccc(I)o1. The van der Waals surface area contributed by atoms with Crippen molar-refractivity contribution >= 4 is 34.7 Å². The Hall–Kier alpha value is -0.930. The van der Waals surface area contributed by atoms with Crippen LogP contribution in [0.25, 0.3) is 0 Å². The van der Waals surface area contributed by atoms with E-state index in [9.17, 15) is 4.79 Å². The Morgan fingerprint density at radius 3 is 2.95 bits per heavy atom. The number of amides is 1. The Morgan fingerprint density at radius 1 is 1.47 bits per heavy atom. The average molecular weight is 377 g/mol. The van der Waals surface area contributed by atoms with Gasteiger partial charge in [0, 0.05) is 26.1 Å². The highest BCUT2D eigenvalue weighted by Crippen LogP contribution is 2.07. The number of carbonyl (C=O) groups excluding carboxylic acids is 1. The van der Waals surface area contributed by atoms with Crippen molar-refractivity contribution in [2.24, 2.45) is 5.10 Å². The molecule has 0 unspecified atom stereocenters. The Kier molecular flexibility index (Phi) is 5.80. The lowest BCUT2D eigenvalue weighted by Crippen LogP contribution is -2.38. The number of nitrogens with zero attached hydrogens (tertiary/aromatic N) is 2. The van der Waals surface area contributed by atoms with E-state index < -0.39 is 0 Å². The molecular weight excluding hydrogens is 361 g/mol. The molecule has 0 atom stereocenters. The first-order valence-electron chi connectivity index (χ1n) is 6.11. The highest BCUT2D eigenvalue weighted by molar-refractivity contribution is 14.1. The van der Waals surface area contributed by atoms with Crippen LogP contribution in [0.1, 0.15) is 12.2 Å². The molecule has 0 aromatic carbocycles. The van der Waals surface area contributed by atoms with E-state index in [1.54, 1.807) is 6.07 Å². The fourth-order valence-electron chi connectivity index (χ4n) is 1.71. The first-order chi connectivity index (χ1) is 9.24. The topological polar surface area (TPSA) is 67.1 Å². The van der Waals surface area contributed by atoms with Crippen LogP contribution in [0.3, 0.4) is 0 Å². The zero-order chi connectivity index (χ0) is 13.5. The van der Waals surface area contributed by atoms with E-state index in [2.05, 4.69) is 38.0 Å². The van der Waals surface area contributed by atoms with Crippen molar-refractivity contribution in [2.45, 2.75) is 6.42 Å². The van der Waals surface area contributed by atoms with Gasteiger partial charge >= 0.3 is 0 Å². The van der Waals surface area contributed by atoms with Crippen molar-refractivity contribution in [1.29, 1.82) is 0 Å². The van der Waals surface area contributed by atoms with E-state index in [1.807, 2.05) is 6.07 Å². The fourth-order valence-corrected chi connectivity index (χ4v) is 2.14. The molecule has 19 heavy (non-hydrogen) atoms. The van der Waals surface area contributed by atoms with Gasteiger partial charge in [0.05, 0.1) is 19.4 Å². The molecule has 104 valence electrons. The summed E-state index contributed by atoms with van der Waals surface area (Å²) in [5.74, 6) is 0.530. The molecule has 1 fully saturated rings. The molecule has 7 heteroatoms. The predicted molar refractivity (Wildman–Crippen MR) is 79.0 cm³/mol. The van der Waals surface area contributed by atoms with Crippen LogP contribution in [-0.2, 0) is 9.53 Å². The van der Waals surface area contributed by atoms with Gasteiger partial charge in [0.25, 0.3) is 0 Å². The molecule has 0 saturated carbocycles. The van der Waals surface area contributed by atoms with Crippen LogP contribution >= 0.6 is 22.6 Å². The molecule has 0 aliphatic carbocycles. The first-order valence-corrected chi connectivity index (χ1v) is 7.19. The van der Waals surface area contributed by atoms with Crippen LogP contribution in [0.5, 0.6) is 0 Å². The smallest absolute Gasteiger partial charge is 0.241 e. The van der Waals surface area contributed by atoms with Crippen molar-refractivity contribution in [3.05, 3.63) is 21.7 Å². The second-order valence-electron chi connectivity index (χ2n) is 4.14. The van der Waals surface area contributed by atoms with Gasteiger partial charge in [-0.25, -0.2) is 5.43 Å². The van der Waals surface area contributed by atoms with Crippen LogP contribution in [0.2, 0.25) is 0 Å². The Labute approximate surface area is 125 Å². The third-order valence-electron chi connectivity index (χ3n) is 2.73. The molecule has 0 spiro atoms. The highest BCUT2D eigenvalue weighted by atomic mass is 127. The number of nitrogens with one attached hydrogen (secondary N) is 1. The summed E-state index contributed by atoms with van der Waals surface area (Å²) >= 11 is 2.07. The quantitative estimate of drug-likeness (QED) is 0.474. The zero-order valence-electron chi connectivity index (χ0n) is 10.5. The van der Waals surface area contributed by atoms with Crippen LogP contribution in [0, 0.1) is 3.77 Å². The summed E-state index contributed by atoms with van der Waals surface area (Å²) < 4.78 is 11.3. The standard InChI is InChI=1S/C12H16IN3O3/c13-11-2-1-10(19-11)9-14-15-12(17)3-4-16-5-7-18-8-6-16/h1-2,9H,3-8H2,(H,15,17)/b14-9+. The molecule has 1 saturated heterocycles.